The van der Waals surface area contributed by atoms with Crippen LogP contribution < -0.4 is 5.32 Å². The van der Waals surface area contributed by atoms with E-state index in [1.807, 2.05) is 0 Å². The van der Waals surface area contributed by atoms with Crippen LogP contribution in [0.25, 0.3) is 0 Å². The third kappa shape index (κ3) is 2.20. The lowest BCUT2D eigenvalue weighted by atomic mass is 9.83. The van der Waals surface area contributed by atoms with Gasteiger partial charge in [-0.25, -0.2) is 9.97 Å². The third-order valence-electron chi connectivity index (χ3n) is 4.32. The highest BCUT2D eigenvalue weighted by Gasteiger charge is 2.32. The Morgan fingerprint density at radius 2 is 1.94 bits per heavy atom. The highest BCUT2D eigenvalue weighted by Crippen LogP contribution is 2.34. The van der Waals surface area contributed by atoms with Crippen molar-refractivity contribution < 1.29 is 0 Å². The second-order valence-electron chi connectivity index (χ2n) is 5.60. The topological polar surface area (TPSA) is 37.8 Å². The smallest absolute Gasteiger partial charge is 0.133 e. The van der Waals surface area contributed by atoms with E-state index in [1.54, 1.807) is 6.33 Å². The van der Waals surface area contributed by atoms with Crippen LogP contribution in [0.3, 0.4) is 0 Å². The van der Waals surface area contributed by atoms with Crippen molar-refractivity contribution in [1.82, 2.24) is 9.97 Å². The number of fused-ring (bicyclic) bond motifs is 1. The van der Waals surface area contributed by atoms with Crippen LogP contribution in [0.15, 0.2) is 6.33 Å². The summed E-state index contributed by atoms with van der Waals surface area (Å²) in [6.45, 7) is 0. The maximum absolute atomic E-state index is 6.23. The molecule has 0 aromatic carbocycles. The molecule has 0 unspecified atom stereocenters. The van der Waals surface area contributed by atoms with Gasteiger partial charge in [0.2, 0.25) is 0 Å². The highest BCUT2D eigenvalue weighted by atomic mass is 35.5. The maximum Gasteiger partial charge on any atom is 0.133 e. The van der Waals surface area contributed by atoms with Gasteiger partial charge in [-0.2, -0.15) is 0 Å². The first-order chi connectivity index (χ1) is 8.83. The fraction of sp³-hybridized carbons (Fsp3) is 0.714. The standard InChI is InChI=1S/C14H20ClN3/c15-9-14(7-2-1-3-8-14)18-13-11-5-4-6-12(11)16-10-17-13/h10H,1-9H2,(H,16,17,18). The van der Waals surface area contributed by atoms with Crippen LogP contribution in [0.1, 0.15) is 49.8 Å². The number of nitrogens with zero attached hydrogens (tertiary/aromatic N) is 2. The normalized spacial score (nSPS) is 21.6. The van der Waals surface area contributed by atoms with E-state index < -0.39 is 0 Å². The first-order valence-electron chi connectivity index (χ1n) is 7.00. The van der Waals surface area contributed by atoms with Crippen LogP contribution in [0.4, 0.5) is 5.82 Å². The van der Waals surface area contributed by atoms with Gasteiger partial charge in [0.1, 0.15) is 12.1 Å². The molecule has 0 atom stereocenters. The Morgan fingerprint density at radius 1 is 1.11 bits per heavy atom. The molecule has 0 radical (unpaired) electrons. The monoisotopic (exact) mass is 265 g/mol. The molecule has 1 aromatic heterocycles. The summed E-state index contributed by atoms with van der Waals surface area (Å²) >= 11 is 6.23. The second kappa shape index (κ2) is 5.04. The number of halogens is 1. The molecule has 0 spiro atoms. The number of hydrogen-bond donors (Lipinski definition) is 1. The molecule has 1 saturated carbocycles. The number of rotatable bonds is 3. The predicted molar refractivity (Wildman–Crippen MR) is 74.2 cm³/mol. The molecule has 2 aliphatic carbocycles. The average Bonchev–Trinajstić information content (AvgIpc) is 2.89. The molecule has 3 rings (SSSR count). The summed E-state index contributed by atoms with van der Waals surface area (Å²) in [5.41, 5.74) is 2.62. The van der Waals surface area contributed by atoms with E-state index in [0.717, 1.165) is 31.5 Å². The Kier molecular flexibility index (Phi) is 3.42. The van der Waals surface area contributed by atoms with Gasteiger partial charge in [-0.1, -0.05) is 19.3 Å². The van der Waals surface area contributed by atoms with Crippen LogP contribution in [0, 0.1) is 0 Å². The zero-order valence-electron chi connectivity index (χ0n) is 10.7. The number of hydrogen-bond acceptors (Lipinski definition) is 3. The van der Waals surface area contributed by atoms with Crippen LogP contribution in [0.5, 0.6) is 0 Å². The van der Waals surface area contributed by atoms with Crippen molar-refractivity contribution in [1.29, 1.82) is 0 Å². The van der Waals surface area contributed by atoms with Gasteiger partial charge in [0.25, 0.3) is 0 Å². The lowest BCUT2D eigenvalue weighted by Crippen LogP contribution is -2.42. The Hall–Kier alpha value is -0.830. The molecule has 0 bridgehead atoms. The van der Waals surface area contributed by atoms with Crippen molar-refractivity contribution >= 4 is 17.4 Å². The van der Waals surface area contributed by atoms with E-state index in [-0.39, 0.29) is 5.54 Å². The van der Waals surface area contributed by atoms with Gasteiger partial charge in [0.15, 0.2) is 0 Å². The number of aryl methyl sites for hydroxylation is 1. The first-order valence-corrected chi connectivity index (χ1v) is 7.53. The molecular weight excluding hydrogens is 246 g/mol. The third-order valence-corrected chi connectivity index (χ3v) is 4.84. The summed E-state index contributed by atoms with van der Waals surface area (Å²) in [6.07, 6.45) is 11.3. The Bertz CT molecular complexity index is 427. The minimum atomic E-state index is 0.0600. The SMILES string of the molecule is ClCC1(Nc2ncnc3c2CCC3)CCCCC1. The molecule has 1 aromatic rings. The zero-order chi connectivity index (χ0) is 12.4. The molecule has 2 aliphatic rings. The fourth-order valence-electron chi connectivity index (χ4n) is 3.24. The number of aromatic nitrogens is 2. The number of anilines is 1. The Morgan fingerprint density at radius 3 is 2.72 bits per heavy atom. The van der Waals surface area contributed by atoms with Gasteiger partial charge in [0.05, 0.1) is 5.54 Å². The molecule has 1 N–H and O–H groups in total. The molecule has 0 amide bonds. The summed E-state index contributed by atoms with van der Waals surface area (Å²) in [5, 5.41) is 3.66. The van der Waals surface area contributed by atoms with Crippen molar-refractivity contribution in [2.24, 2.45) is 0 Å². The molecule has 98 valence electrons. The molecule has 0 aliphatic heterocycles. The highest BCUT2D eigenvalue weighted by molar-refractivity contribution is 6.18. The molecular formula is C14H20ClN3. The van der Waals surface area contributed by atoms with Gasteiger partial charge in [0, 0.05) is 17.1 Å². The Balaban J connectivity index is 1.85. The quantitative estimate of drug-likeness (QED) is 0.852. The molecule has 1 heterocycles. The van der Waals surface area contributed by atoms with E-state index >= 15 is 0 Å². The van der Waals surface area contributed by atoms with E-state index in [4.69, 9.17) is 11.6 Å². The zero-order valence-corrected chi connectivity index (χ0v) is 11.5. The van der Waals surface area contributed by atoms with Crippen molar-refractivity contribution in [3.8, 4) is 0 Å². The summed E-state index contributed by atoms with van der Waals surface area (Å²) in [4.78, 5) is 8.83. The van der Waals surface area contributed by atoms with Gasteiger partial charge in [-0.3, -0.25) is 0 Å². The van der Waals surface area contributed by atoms with Crippen molar-refractivity contribution in [3.05, 3.63) is 17.6 Å². The fourth-order valence-corrected chi connectivity index (χ4v) is 3.57. The van der Waals surface area contributed by atoms with Crippen LogP contribution in [-0.2, 0) is 12.8 Å². The molecule has 18 heavy (non-hydrogen) atoms. The van der Waals surface area contributed by atoms with Gasteiger partial charge < -0.3 is 5.32 Å². The van der Waals surface area contributed by atoms with Crippen LogP contribution in [-0.4, -0.2) is 21.4 Å². The van der Waals surface area contributed by atoms with Crippen molar-refractivity contribution in [2.45, 2.75) is 56.9 Å². The van der Waals surface area contributed by atoms with E-state index in [9.17, 15) is 0 Å². The summed E-state index contributed by atoms with van der Waals surface area (Å²) < 4.78 is 0. The van der Waals surface area contributed by atoms with Crippen molar-refractivity contribution in [3.63, 3.8) is 0 Å². The molecule has 4 heteroatoms. The summed E-state index contributed by atoms with van der Waals surface area (Å²) in [7, 11) is 0. The first kappa shape index (κ1) is 12.2. The molecule has 1 fully saturated rings. The second-order valence-corrected chi connectivity index (χ2v) is 5.87. The van der Waals surface area contributed by atoms with Crippen molar-refractivity contribution in [2.75, 3.05) is 11.2 Å². The predicted octanol–water partition coefficient (Wildman–Crippen LogP) is 3.32. The van der Waals surface area contributed by atoms with E-state index in [2.05, 4.69) is 15.3 Å². The molecule has 0 saturated heterocycles. The van der Waals surface area contributed by atoms with Crippen LogP contribution >= 0.6 is 11.6 Å². The van der Waals surface area contributed by atoms with Gasteiger partial charge >= 0.3 is 0 Å². The largest absolute Gasteiger partial charge is 0.363 e. The minimum Gasteiger partial charge on any atom is -0.363 e. The maximum atomic E-state index is 6.23. The van der Waals surface area contributed by atoms with Crippen LogP contribution in [0.2, 0.25) is 0 Å². The molecule has 3 nitrogen and oxygen atoms in total. The van der Waals surface area contributed by atoms with E-state index in [1.165, 1.54) is 36.9 Å². The van der Waals surface area contributed by atoms with E-state index in [0.29, 0.717) is 5.88 Å². The number of alkyl halides is 1. The number of nitrogens with one attached hydrogen (secondary N) is 1. The Labute approximate surface area is 113 Å². The lowest BCUT2D eigenvalue weighted by Gasteiger charge is -2.37. The van der Waals surface area contributed by atoms with Gasteiger partial charge in [-0.05, 0) is 32.1 Å². The lowest BCUT2D eigenvalue weighted by molar-refractivity contribution is 0.352. The average molecular weight is 266 g/mol. The summed E-state index contributed by atoms with van der Waals surface area (Å²) in [5.74, 6) is 1.71. The van der Waals surface area contributed by atoms with Gasteiger partial charge in [-0.15, -0.1) is 11.6 Å². The summed E-state index contributed by atoms with van der Waals surface area (Å²) in [6, 6.07) is 0. The minimum absolute atomic E-state index is 0.0600.